The molecule has 2 nitrogen and oxygen atoms in total. The zero-order valence-electron chi connectivity index (χ0n) is 10.0. The predicted octanol–water partition coefficient (Wildman–Crippen LogP) is 2.37. The fourth-order valence-corrected chi connectivity index (χ4v) is 1.85. The molecule has 0 saturated heterocycles. The van der Waals surface area contributed by atoms with Gasteiger partial charge in [-0.1, -0.05) is 25.1 Å². The van der Waals surface area contributed by atoms with Crippen LogP contribution in [0.15, 0.2) is 30.3 Å². The van der Waals surface area contributed by atoms with Crippen LogP contribution in [-0.4, -0.2) is 26.7 Å². The van der Waals surface area contributed by atoms with Crippen LogP contribution in [0.1, 0.15) is 13.8 Å². The highest BCUT2D eigenvalue weighted by Crippen LogP contribution is 2.14. The standard InChI is InChI=1S/C13H22N2/c1-4-15(11-12(2)10-14-3)13-8-6-5-7-9-13/h5-9,12,14H,4,10-11H2,1-3H3. The topological polar surface area (TPSA) is 15.3 Å². The first-order chi connectivity index (χ1) is 7.27. The van der Waals surface area contributed by atoms with E-state index in [2.05, 4.69) is 54.4 Å². The van der Waals surface area contributed by atoms with E-state index in [-0.39, 0.29) is 0 Å². The Hall–Kier alpha value is -1.02. The third-order valence-electron chi connectivity index (χ3n) is 2.59. The molecule has 1 unspecified atom stereocenters. The van der Waals surface area contributed by atoms with Gasteiger partial charge in [0.25, 0.3) is 0 Å². The summed E-state index contributed by atoms with van der Waals surface area (Å²) in [6, 6.07) is 10.6. The van der Waals surface area contributed by atoms with Crippen molar-refractivity contribution in [1.29, 1.82) is 0 Å². The molecule has 0 saturated carbocycles. The average molecular weight is 206 g/mol. The first-order valence-electron chi connectivity index (χ1n) is 5.72. The van der Waals surface area contributed by atoms with Crippen LogP contribution in [0.5, 0.6) is 0 Å². The molecule has 1 N–H and O–H groups in total. The SMILES string of the molecule is CCN(CC(C)CNC)c1ccccc1. The van der Waals surface area contributed by atoms with Crippen LogP contribution < -0.4 is 10.2 Å². The molecule has 0 aliphatic carbocycles. The van der Waals surface area contributed by atoms with E-state index >= 15 is 0 Å². The third-order valence-corrected chi connectivity index (χ3v) is 2.59. The molecule has 1 aromatic carbocycles. The molecule has 84 valence electrons. The van der Waals surface area contributed by atoms with Crippen LogP contribution in [0, 0.1) is 5.92 Å². The number of hydrogen-bond donors (Lipinski definition) is 1. The van der Waals surface area contributed by atoms with Gasteiger partial charge in [-0.05, 0) is 38.6 Å². The fraction of sp³-hybridized carbons (Fsp3) is 0.538. The van der Waals surface area contributed by atoms with E-state index < -0.39 is 0 Å². The summed E-state index contributed by atoms with van der Waals surface area (Å²) >= 11 is 0. The van der Waals surface area contributed by atoms with Gasteiger partial charge in [-0.15, -0.1) is 0 Å². The Labute approximate surface area is 93.3 Å². The lowest BCUT2D eigenvalue weighted by Gasteiger charge is -2.26. The number of rotatable bonds is 6. The smallest absolute Gasteiger partial charge is 0.0366 e. The Morgan fingerprint density at radius 3 is 2.47 bits per heavy atom. The van der Waals surface area contributed by atoms with E-state index in [4.69, 9.17) is 0 Å². The molecule has 0 aliphatic heterocycles. The van der Waals surface area contributed by atoms with Crippen molar-refractivity contribution in [3.8, 4) is 0 Å². The van der Waals surface area contributed by atoms with Crippen LogP contribution in [0.4, 0.5) is 5.69 Å². The molecule has 1 rings (SSSR count). The van der Waals surface area contributed by atoms with Gasteiger partial charge in [0.05, 0.1) is 0 Å². The normalized spacial score (nSPS) is 12.5. The molecule has 1 aromatic rings. The number of para-hydroxylation sites is 1. The number of hydrogen-bond acceptors (Lipinski definition) is 2. The highest BCUT2D eigenvalue weighted by atomic mass is 15.1. The van der Waals surface area contributed by atoms with E-state index in [1.165, 1.54) is 5.69 Å². The molecule has 15 heavy (non-hydrogen) atoms. The Balaban J connectivity index is 2.56. The van der Waals surface area contributed by atoms with Crippen LogP contribution in [-0.2, 0) is 0 Å². The lowest BCUT2D eigenvalue weighted by Crippen LogP contribution is -2.32. The van der Waals surface area contributed by atoms with Gasteiger partial charge in [0.2, 0.25) is 0 Å². The van der Waals surface area contributed by atoms with E-state index in [0.29, 0.717) is 5.92 Å². The summed E-state index contributed by atoms with van der Waals surface area (Å²) in [7, 11) is 2.01. The minimum absolute atomic E-state index is 0.676. The highest BCUT2D eigenvalue weighted by molar-refractivity contribution is 5.45. The maximum Gasteiger partial charge on any atom is 0.0366 e. The zero-order valence-corrected chi connectivity index (χ0v) is 10.0. The number of nitrogens with zero attached hydrogens (tertiary/aromatic N) is 1. The summed E-state index contributed by atoms with van der Waals surface area (Å²) in [5.74, 6) is 0.676. The first kappa shape index (κ1) is 12.1. The summed E-state index contributed by atoms with van der Waals surface area (Å²) in [6.07, 6.45) is 0. The van der Waals surface area contributed by atoms with Gasteiger partial charge < -0.3 is 10.2 Å². The summed E-state index contributed by atoms with van der Waals surface area (Å²) < 4.78 is 0. The number of nitrogens with one attached hydrogen (secondary N) is 1. The van der Waals surface area contributed by atoms with Crippen LogP contribution in [0.2, 0.25) is 0 Å². The third kappa shape index (κ3) is 3.92. The minimum atomic E-state index is 0.676. The second-order valence-electron chi connectivity index (χ2n) is 4.04. The van der Waals surface area contributed by atoms with Crippen molar-refractivity contribution >= 4 is 5.69 Å². The largest absolute Gasteiger partial charge is 0.371 e. The van der Waals surface area contributed by atoms with E-state index in [0.717, 1.165) is 19.6 Å². The molecule has 2 heteroatoms. The van der Waals surface area contributed by atoms with E-state index in [9.17, 15) is 0 Å². The fourth-order valence-electron chi connectivity index (χ4n) is 1.85. The zero-order chi connectivity index (χ0) is 11.1. The summed E-state index contributed by atoms with van der Waals surface area (Å²) in [5.41, 5.74) is 1.32. The molecular formula is C13H22N2. The van der Waals surface area contributed by atoms with Crippen LogP contribution in [0.25, 0.3) is 0 Å². The van der Waals surface area contributed by atoms with Gasteiger partial charge in [-0.2, -0.15) is 0 Å². The second kappa shape index (κ2) is 6.46. The quantitative estimate of drug-likeness (QED) is 0.768. The Morgan fingerprint density at radius 1 is 1.27 bits per heavy atom. The molecule has 0 radical (unpaired) electrons. The summed E-state index contributed by atoms with van der Waals surface area (Å²) in [6.45, 7) is 7.74. The van der Waals surface area contributed by atoms with Crippen molar-refractivity contribution in [3.63, 3.8) is 0 Å². The van der Waals surface area contributed by atoms with E-state index in [1.54, 1.807) is 0 Å². The molecule has 0 aromatic heterocycles. The maximum atomic E-state index is 3.22. The molecule has 0 aliphatic rings. The predicted molar refractivity (Wildman–Crippen MR) is 67.4 cm³/mol. The molecular weight excluding hydrogens is 184 g/mol. The minimum Gasteiger partial charge on any atom is -0.371 e. The van der Waals surface area contributed by atoms with Gasteiger partial charge in [-0.25, -0.2) is 0 Å². The Morgan fingerprint density at radius 2 is 1.93 bits per heavy atom. The van der Waals surface area contributed by atoms with Crippen molar-refractivity contribution in [2.24, 2.45) is 5.92 Å². The average Bonchev–Trinajstić information content (AvgIpc) is 2.27. The molecule has 1 atom stereocenters. The lowest BCUT2D eigenvalue weighted by atomic mass is 10.1. The number of benzene rings is 1. The van der Waals surface area contributed by atoms with Crippen LogP contribution in [0.3, 0.4) is 0 Å². The van der Waals surface area contributed by atoms with Crippen LogP contribution >= 0.6 is 0 Å². The van der Waals surface area contributed by atoms with Gasteiger partial charge in [0.1, 0.15) is 0 Å². The van der Waals surface area contributed by atoms with Crippen molar-refractivity contribution in [3.05, 3.63) is 30.3 Å². The maximum absolute atomic E-state index is 3.22. The Bertz CT molecular complexity index is 258. The summed E-state index contributed by atoms with van der Waals surface area (Å²) in [5, 5.41) is 3.22. The second-order valence-corrected chi connectivity index (χ2v) is 4.04. The first-order valence-corrected chi connectivity index (χ1v) is 5.72. The van der Waals surface area contributed by atoms with Crippen molar-refractivity contribution < 1.29 is 0 Å². The van der Waals surface area contributed by atoms with Crippen molar-refractivity contribution in [2.45, 2.75) is 13.8 Å². The summed E-state index contributed by atoms with van der Waals surface area (Å²) in [4.78, 5) is 2.42. The lowest BCUT2D eigenvalue weighted by molar-refractivity contribution is 0.533. The van der Waals surface area contributed by atoms with Crippen molar-refractivity contribution in [2.75, 3.05) is 31.6 Å². The van der Waals surface area contributed by atoms with Gasteiger partial charge >= 0.3 is 0 Å². The van der Waals surface area contributed by atoms with Gasteiger partial charge in [-0.3, -0.25) is 0 Å². The van der Waals surface area contributed by atoms with E-state index in [1.807, 2.05) is 7.05 Å². The monoisotopic (exact) mass is 206 g/mol. The molecule has 0 heterocycles. The van der Waals surface area contributed by atoms with Gasteiger partial charge in [0, 0.05) is 18.8 Å². The number of anilines is 1. The molecule has 0 bridgehead atoms. The van der Waals surface area contributed by atoms with Gasteiger partial charge in [0.15, 0.2) is 0 Å². The molecule has 0 fully saturated rings. The van der Waals surface area contributed by atoms with Crippen molar-refractivity contribution in [1.82, 2.24) is 5.32 Å². The molecule has 0 amide bonds. The molecule has 0 spiro atoms. The highest BCUT2D eigenvalue weighted by Gasteiger charge is 2.08. The Kier molecular flexibility index (Phi) is 5.19.